The number of amides is 1. The first-order chi connectivity index (χ1) is 11.6. The summed E-state index contributed by atoms with van der Waals surface area (Å²) in [6, 6.07) is 4.95. The molecule has 2 aliphatic carbocycles. The van der Waals surface area contributed by atoms with Gasteiger partial charge in [0.05, 0.1) is 24.7 Å². The number of ether oxygens (including phenoxy) is 2. The van der Waals surface area contributed by atoms with Crippen LogP contribution in [-0.2, 0) is 4.79 Å². The molecule has 2 fully saturated rings. The van der Waals surface area contributed by atoms with E-state index in [0.29, 0.717) is 30.3 Å². The first kappa shape index (κ1) is 15.3. The molecular formula is C18H21NO5. The number of benzene rings is 1. The molecule has 2 saturated carbocycles. The minimum Gasteiger partial charge on any atom is -0.490 e. The second-order valence-electron chi connectivity index (χ2n) is 6.88. The molecule has 4 atom stereocenters. The van der Waals surface area contributed by atoms with Crippen LogP contribution in [-0.4, -0.2) is 36.2 Å². The zero-order valence-corrected chi connectivity index (χ0v) is 13.4. The first-order valence-electron chi connectivity index (χ1n) is 8.57. The number of hydrogen-bond donors (Lipinski definition) is 2. The Morgan fingerprint density at radius 3 is 2.75 bits per heavy atom. The zero-order valence-electron chi connectivity index (χ0n) is 13.4. The zero-order chi connectivity index (χ0) is 16.7. The molecule has 128 valence electrons. The second kappa shape index (κ2) is 6.00. The predicted octanol–water partition coefficient (Wildman–Crippen LogP) is 2.08. The van der Waals surface area contributed by atoms with Gasteiger partial charge in [-0.25, -0.2) is 0 Å². The molecule has 0 aromatic heterocycles. The maximum atomic E-state index is 12.8. The summed E-state index contributed by atoms with van der Waals surface area (Å²) in [5, 5.41) is 12.5. The molecule has 1 aliphatic heterocycles. The summed E-state index contributed by atoms with van der Waals surface area (Å²) < 4.78 is 11.3. The maximum absolute atomic E-state index is 12.8. The summed E-state index contributed by atoms with van der Waals surface area (Å²) in [7, 11) is 0. The highest BCUT2D eigenvalue weighted by molar-refractivity contribution is 5.98. The fraction of sp³-hybridized carbons (Fsp3) is 0.556. The molecule has 6 nitrogen and oxygen atoms in total. The topological polar surface area (TPSA) is 84.9 Å². The summed E-state index contributed by atoms with van der Waals surface area (Å²) >= 11 is 0. The van der Waals surface area contributed by atoms with Crippen LogP contribution in [0, 0.1) is 17.8 Å². The third kappa shape index (κ3) is 2.50. The third-order valence-electron chi connectivity index (χ3n) is 5.52. The summed E-state index contributed by atoms with van der Waals surface area (Å²) in [4.78, 5) is 24.4. The highest BCUT2D eigenvalue weighted by Gasteiger charge is 2.51. The van der Waals surface area contributed by atoms with Crippen LogP contribution in [0.1, 0.15) is 36.0 Å². The van der Waals surface area contributed by atoms with Gasteiger partial charge in [-0.15, -0.1) is 0 Å². The van der Waals surface area contributed by atoms with Gasteiger partial charge in [-0.1, -0.05) is 6.07 Å². The Morgan fingerprint density at radius 1 is 1.12 bits per heavy atom. The predicted molar refractivity (Wildman–Crippen MR) is 85.3 cm³/mol. The van der Waals surface area contributed by atoms with Crippen molar-refractivity contribution in [2.75, 3.05) is 13.2 Å². The molecule has 0 spiro atoms. The number of nitrogens with one attached hydrogen (secondary N) is 1. The van der Waals surface area contributed by atoms with Crippen molar-refractivity contribution in [2.45, 2.75) is 31.7 Å². The fourth-order valence-corrected chi connectivity index (χ4v) is 4.46. The van der Waals surface area contributed by atoms with Gasteiger partial charge in [0.25, 0.3) is 5.91 Å². The molecule has 1 aromatic rings. The van der Waals surface area contributed by atoms with Crippen LogP contribution in [0.15, 0.2) is 18.2 Å². The van der Waals surface area contributed by atoms with Gasteiger partial charge in [-0.3, -0.25) is 9.59 Å². The molecule has 1 amide bonds. The highest BCUT2D eigenvalue weighted by atomic mass is 16.5. The van der Waals surface area contributed by atoms with Crippen LogP contribution >= 0.6 is 0 Å². The molecule has 3 aliphatic rings. The Balaban J connectivity index is 1.58. The van der Waals surface area contributed by atoms with Gasteiger partial charge in [0.1, 0.15) is 0 Å². The summed E-state index contributed by atoms with van der Waals surface area (Å²) in [6.45, 7) is 1.06. The van der Waals surface area contributed by atoms with Gasteiger partial charge >= 0.3 is 5.97 Å². The van der Waals surface area contributed by atoms with Crippen molar-refractivity contribution in [1.82, 2.24) is 5.32 Å². The highest BCUT2D eigenvalue weighted by Crippen LogP contribution is 2.48. The molecule has 1 aromatic carbocycles. The van der Waals surface area contributed by atoms with Gasteiger partial charge in [-0.05, 0) is 43.2 Å². The lowest BCUT2D eigenvalue weighted by Gasteiger charge is -2.29. The molecule has 0 radical (unpaired) electrons. The van der Waals surface area contributed by atoms with Crippen LogP contribution < -0.4 is 14.8 Å². The van der Waals surface area contributed by atoms with E-state index in [-0.39, 0.29) is 23.8 Å². The normalized spacial score (nSPS) is 30.7. The van der Waals surface area contributed by atoms with Gasteiger partial charge in [0.2, 0.25) is 0 Å². The van der Waals surface area contributed by atoms with Gasteiger partial charge in [-0.2, -0.15) is 0 Å². The molecule has 2 N–H and O–H groups in total. The van der Waals surface area contributed by atoms with Crippen LogP contribution in [0.25, 0.3) is 0 Å². The van der Waals surface area contributed by atoms with E-state index >= 15 is 0 Å². The Hall–Kier alpha value is -2.24. The fourth-order valence-electron chi connectivity index (χ4n) is 4.46. The first-order valence-corrected chi connectivity index (χ1v) is 8.57. The van der Waals surface area contributed by atoms with Crippen LogP contribution in [0.3, 0.4) is 0 Å². The number of para-hydroxylation sites is 1. The van der Waals surface area contributed by atoms with Gasteiger partial charge in [0.15, 0.2) is 11.5 Å². The van der Waals surface area contributed by atoms with Gasteiger partial charge < -0.3 is 19.9 Å². The average molecular weight is 331 g/mol. The summed E-state index contributed by atoms with van der Waals surface area (Å²) in [5.74, 6) is -0.0810. The number of aliphatic carboxylic acids is 1. The van der Waals surface area contributed by atoms with E-state index in [1.807, 2.05) is 0 Å². The lowest BCUT2D eigenvalue weighted by molar-refractivity contribution is -0.144. The van der Waals surface area contributed by atoms with Crippen LogP contribution in [0.5, 0.6) is 11.5 Å². The summed E-state index contributed by atoms with van der Waals surface area (Å²) in [6.07, 6.45) is 3.61. The molecular weight excluding hydrogens is 310 g/mol. The van der Waals surface area contributed by atoms with E-state index in [9.17, 15) is 14.7 Å². The molecule has 6 heteroatoms. The summed E-state index contributed by atoms with van der Waals surface area (Å²) in [5.41, 5.74) is 0.418. The number of fused-ring (bicyclic) bond motifs is 3. The molecule has 24 heavy (non-hydrogen) atoms. The van der Waals surface area contributed by atoms with E-state index in [1.54, 1.807) is 18.2 Å². The number of rotatable bonds is 3. The quantitative estimate of drug-likeness (QED) is 0.886. The SMILES string of the molecule is O=C(N[C@@H]1[C@H]2CC[C@H](C2)[C@@H]1C(=O)O)c1cccc2c1OCCCO2. The van der Waals surface area contributed by atoms with E-state index < -0.39 is 11.9 Å². The lowest BCUT2D eigenvalue weighted by Crippen LogP contribution is -2.46. The largest absolute Gasteiger partial charge is 0.490 e. The van der Waals surface area contributed by atoms with Crippen LogP contribution in [0.4, 0.5) is 0 Å². The number of carbonyl (C=O) groups excluding carboxylic acids is 1. The monoisotopic (exact) mass is 331 g/mol. The molecule has 1 heterocycles. The Kier molecular flexibility index (Phi) is 3.82. The molecule has 2 bridgehead atoms. The minimum absolute atomic E-state index is 0.185. The van der Waals surface area contributed by atoms with Crippen molar-refractivity contribution < 1.29 is 24.2 Å². The second-order valence-corrected chi connectivity index (χ2v) is 6.88. The van der Waals surface area contributed by atoms with Gasteiger partial charge in [0, 0.05) is 12.5 Å². The molecule has 4 rings (SSSR count). The number of carboxylic acid groups (broad SMARTS) is 1. The van der Waals surface area contributed by atoms with E-state index in [1.165, 1.54) is 0 Å². The number of carboxylic acids is 1. The lowest BCUT2D eigenvalue weighted by atomic mass is 9.84. The Bertz CT molecular complexity index is 673. The molecule has 0 unspecified atom stereocenters. The van der Waals surface area contributed by atoms with E-state index in [0.717, 1.165) is 25.7 Å². The smallest absolute Gasteiger partial charge is 0.308 e. The standard InChI is InChI=1S/C18H21NO5/c20-17(12-3-1-4-13-16(12)24-8-2-7-23-13)19-15-11-6-5-10(9-11)14(15)18(21)22/h1,3-4,10-11,14-15H,2,5-9H2,(H,19,20)(H,21,22)/t10-,11+,14+,15-/m1/s1. The minimum atomic E-state index is -0.807. The van der Waals surface area contributed by atoms with Crippen molar-refractivity contribution in [1.29, 1.82) is 0 Å². The number of carbonyl (C=O) groups is 2. The Morgan fingerprint density at radius 2 is 1.92 bits per heavy atom. The van der Waals surface area contributed by atoms with E-state index in [4.69, 9.17) is 9.47 Å². The molecule has 0 saturated heterocycles. The van der Waals surface area contributed by atoms with Crippen molar-refractivity contribution in [3.63, 3.8) is 0 Å². The van der Waals surface area contributed by atoms with Crippen molar-refractivity contribution >= 4 is 11.9 Å². The van der Waals surface area contributed by atoms with Crippen molar-refractivity contribution in [2.24, 2.45) is 17.8 Å². The number of hydrogen-bond acceptors (Lipinski definition) is 4. The average Bonchev–Trinajstić information content (AvgIpc) is 3.07. The third-order valence-corrected chi connectivity index (χ3v) is 5.52. The Labute approximate surface area is 140 Å². The van der Waals surface area contributed by atoms with Crippen LogP contribution in [0.2, 0.25) is 0 Å². The van der Waals surface area contributed by atoms with E-state index in [2.05, 4.69) is 5.32 Å². The van der Waals surface area contributed by atoms with Crippen molar-refractivity contribution in [3.8, 4) is 11.5 Å². The maximum Gasteiger partial charge on any atom is 0.308 e. The van der Waals surface area contributed by atoms with Crippen molar-refractivity contribution in [3.05, 3.63) is 23.8 Å².